The number of carbonyl (C=O) groups is 2. The lowest BCUT2D eigenvalue weighted by atomic mass is 9.93. The van der Waals surface area contributed by atoms with Crippen LogP contribution in [0.1, 0.15) is 70.9 Å². The number of rotatable bonds is 11. The lowest BCUT2D eigenvalue weighted by molar-refractivity contribution is -0.136. The van der Waals surface area contributed by atoms with Crippen LogP contribution in [-0.4, -0.2) is 17.0 Å². The van der Waals surface area contributed by atoms with Gasteiger partial charge in [0.2, 0.25) is 0 Å². The zero-order valence-electron chi connectivity index (χ0n) is 21.3. The van der Waals surface area contributed by atoms with Crippen molar-refractivity contribution in [1.82, 2.24) is 5.32 Å². The molecule has 0 aliphatic rings. The van der Waals surface area contributed by atoms with Crippen molar-refractivity contribution < 1.29 is 23.8 Å². The van der Waals surface area contributed by atoms with Crippen molar-refractivity contribution in [3.63, 3.8) is 0 Å². The van der Waals surface area contributed by atoms with Gasteiger partial charge < -0.3 is 15.2 Å². The van der Waals surface area contributed by atoms with Gasteiger partial charge in [0, 0.05) is 12.0 Å². The van der Waals surface area contributed by atoms with E-state index >= 15 is 0 Å². The molecule has 6 heteroatoms. The highest BCUT2D eigenvalue weighted by Crippen LogP contribution is 2.26. The normalized spacial score (nSPS) is 11.8. The van der Waals surface area contributed by atoms with Crippen LogP contribution in [0.15, 0.2) is 60.7 Å². The van der Waals surface area contributed by atoms with E-state index in [4.69, 9.17) is 4.74 Å². The minimum Gasteiger partial charge on any atom is -0.489 e. The number of nitrogens with one attached hydrogen (secondary N) is 1. The fourth-order valence-electron chi connectivity index (χ4n) is 4.26. The fourth-order valence-corrected chi connectivity index (χ4v) is 4.26. The van der Waals surface area contributed by atoms with Crippen LogP contribution >= 0.6 is 0 Å². The Morgan fingerprint density at radius 1 is 0.972 bits per heavy atom. The molecule has 0 radical (unpaired) electrons. The molecule has 0 bridgehead atoms. The molecule has 0 fully saturated rings. The predicted octanol–water partition coefficient (Wildman–Crippen LogP) is 6.56. The Morgan fingerprint density at radius 2 is 1.64 bits per heavy atom. The van der Waals surface area contributed by atoms with Gasteiger partial charge in [-0.05, 0) is 73.6 Å². The molecule has 5 nitrogen and oxygen atoms in total. The Bertz CT molecular complexity index is 1180. The van der Waals surface area contributed by atoms with Crippen LogP contribution in [0.2, 0.25) is 0 Å². The summed E-state index contributed by atoms with van der Waals surface area (Å²) in [5.74, 6) is -0.679. The smallest absolute Gasteiger partial charge is 0.303 e. The van der Waals surface area contributed by atoms with Crippen molar-refractivity contribution in [1.29, 1.82) is 0 Å². The molecule has 0 aromatic heterocycles. The van der Waals surface area contributed by atoms with E-state index in [9.17, 15) is 19.1 Å². The predicted molar refractivity (Wildman–Crippen MR) is 139 cm³/mol. The van der Waals surface area contributed by atoms with E-state index < -0.39 is 5.97 Å². The molecule has 0 heterocycles. The molecule has 0 saturated heterocycles. The number of aryl methyl sites for hydroxylation is 3. The Balaban J connectivity index is 1.87. The lowest BCUT2D eigenvalue weighted by Crippen LogP contribution is -2.30. The fraction of sp³-hybridized carbons (Fsp3) is 0.333. The Morgan fingerprint density at radius 3 is 2.25 bits per heavy atom. The second-order valence-electron chi connectivity index (χ2n) is 9.70. The van der Waals surface area contributed by atoms with Gasteiger partial charge >= 0.3 is 5.97 Å². The van der Waals surface area contributed by atoms with Gasteiger partial charge in [-0.2, -0.15) is 0 Å². The van der Waals surface area contributed by atoms with E-state index in [-0.39, 0.29) is 37.2 Å². The highest BCUT2D eigenvalue weighted by atomic mass is 19.1. The zero-order chi connectivity index (χ0) is 26.2. The number of amides is 1. The number of ether oxygens (including phenoxy) is 1. The van der Waals surface area contributed by atoms with E-state index in [1.165, 1.54) is 12.1 Å². The van der Waals surface area contributed by atoms with Crippen LogP contribution in [0, 0.1) is 25.6 Å². The molecule has 190 valence electrons. The van der Waals surface area contributed by atoms with E-state index in [1.54, 1.807) is 30.3 Å². The molecule has 0 saturated carbocycles. The van der Waals surface area contributed by atoms with Crippen molar-refractivity contribution in [3.8, 4) is 5.75 Å². The molecule has 36 heavy (non-hydrogen) atoms. The summed E-state index contributed by atoms with van der Waals surface area (Å²) in [4.78, 5) is 24.8. The number of carboxylic acid groups (broad SMARTS) is 1. The van der Waals surface area contributed by atoms with Gasteiger partial charge in [0.1, 0.15) is 18.2 Å². The van der Waals surface area contributed by atoms with Crippen molar-refractivity contribution in [2.24, 2.45) is 5.92 Å². The summed E-state index contributed by atoms with van der Waals surface area (Å²) in [6.45, 7) is 8.52. The minimum atomic E-state index is -0.925. The van der Waals surface area contributed by atoms with E-state index in [0.29, 0.717) is 22.8 Å². The second kappa shape index (κ2) is 12.3. The van der Waals surface area contributed by atoms with Crippen LogP contribution in [0.25, 0.3) is 0 Å². The van der Waals surface area contributed by atoms with Gasteiger partial charge in [0.15, 0.2) is 0 Å². The van der Waals surface area contributed by atoms with E-state index in [1.807, 2.05) is 13.8 Å². The third-order valence-corrected chi connectivity index (χ3v) is 5.91. The first-order chi connectivity index (χ1) is 17.1. The Labute approximate surface area is 212 Å². The van der Waals surface area contributed by atoms with E-state index in [2.05, 4.69) is 37.4 Å². The summed E-state index contributed by atoms with van der Waals surface area (Å²) in [7, 11) is 0. The molecule has 2 N–H and O–H groups in total. The summed E-state index contributed by atoms with van der Waals surface area (Å²) in [6.07, 6.45) is 0.914. The Hall–Kier alpha value is -3.67. The van der Waals surface area contributed by atoms with Gasteiger partial charge in [-0.25, -0.2) is 4.39 Å². The van der Waals surface area contributed by atoms with Gasteiger partial charge in [-0.15, -0.1) is 0 Å². The second-order valence-corrected chi connectivity index (χ2v) is 9.70. The average Bonchev–Trinajstić information content (AvgIpc) is 2.81. The van der Waals surface area contributed by atoms with Crippen LogP contribution < -0.4 is 10.1 Å². The monoisotopic (exact) mass is 491 g/mol. The number of hydrogen-bond donors (Lipinski definition) is 2. The number of hydrogen-bond acceptors (Lipinski definition) is 3. The van der Waals surface area contributed by atoms with Crippen molar-refractivity contribution in [2.45, 2.75) is 59.6 Å². The molecule has 0 aliphatic heterocycles. The molecule has 3 aromatic rings. The molecule has 1 unspecified atom stereocenters. The third-order valence-electron chi connectivity index (χ3n) is 5.91. The van der Waals surface area contributed by atoms with Crippen LogP contribution in [0.4, 0.5) is 4.39 Å². The summed E-state index contributed by atoms with van der Waals surface area (Å²) in [5, 5.41) is 12.4. The first-order valence-corrected chi connectivity index (χ1v) is 12.2. The molecule has 1 atom stereocenters. The molecule has 0 spiro atoms. The maximum absolute atomic E-state index is 13.6. The average molecular weight is 492 g/mol. The van der Waals surface area contributed by atoms with Crippen LogP contribution in [0.5, 0.6) is 5.75 Å². The third kappa shape index (κ3) is 7.94. The number of aliphatic carboxylic acids is 1. The SMILES string of the molecule is Cc1cc(C)cc(C(CC(C)C)NC(=O)c2cc(OCc3ccc(F)cc3)ccc2CCC(=O)O)c1. The molecular weight excluding hydrogens is 457 g/mol. The van der Waals surface area contributed by atoms with Crippen molar-refractivity contribution in [3.05, 3.63) is 99.9 Å². The number of carboxylic acids is 1. The van der Waals surface area contributed by atoms with Crippen LogP contribution in [0.3, 0.4) is 0 Å². The first-order valence-electron chi connectivity index (χ1n) is 12.2. The first kappa shape index (κ1) is 26.9. The van der Waals surface area contributed by atoms with Gasteiger partial charge in [-0.1, -0.05) is 61.4 Å². The highest BCUT2D eigenvalue weighted by molar-refractivity contribution is 5.96. The zero-order valence-corrected chi connectivity index (χ0v) is 21.3. The maximum atomic E-state index is 13.6. The molecule has 3 aromatic carbocycles. The van der Waals surface area contributed by atoms with Gasteiger partial charge in [0.05, 0.1) is 6.04 Å². The van der Waals surface area contributed by atoms with Crippen molar-refractivity contribution >= 4 is 11.9 Å². The highest BCUT2D eigenvalue weighted by Gasteiger charge is 2.21. The maximum Gasteiger partial charge on any atom is 0.303 e. The summed E-state index contributed by atoms with van der Waals surface area (Å²) in [5.41, 5.74) is 5.14. The van der Waals surface area contributed by atoms with Crippen LogP contribution in [-0.2, 0) is 17.8 Å². The van der Waals surface area contributed by atoms with Gasteiger partial charge in [0.25, 0.3) is 5.91 Å². The molecule has 3 rings (SSSR count). The Kier molecular flexibility index (Phi) is 9.23. The molecule has 0 aliphatic carbocycles. The van der Waals surface area contributed by atoms with Gasteiger partial charge in [-0.3, -0.25) is 9.59 Å². The number of benzene rings is 3. The largest absolute Gasteiger partial charge is 0.489 e. The number of halogens is 1. The summed E-state index contributed by atoms with van der Waals surface area (Å²) in [6, 6.07) is 17.2. The number of carbonyl (C=O) groups excluding carboxylic acids is 1. The summed E-state index contributed by atoms with van der Waals surface area (Å²) < 4.78 is 19.1. The molecular formula is C30H34FNO4. The quantitative estimate of drug-likeness (QED) is 0.319. The minimum absolute atomic E-state index is 0.0808. The standard InChI is InChI=1S/C30H34FNO4/c1-19(2)13-28(24-15-20(3)14-21(4)16-24)32-30(35)27-17-26(11-7-23(27)8-12-29(33)34)36-18-22-5-9-25(31)10-6-22/h5-7,9-11,14-17,19,28H,8,12-13,18H2,1-4H3,(H,32,35)(H,33,34). The molecule has 1 amide bonds. The summed E-state index contributed by atoms with van der Waals surface area (Å²) >= 11 is 0. The lowest BCUT2D eigenvalue weighted by Gasteiger charge is -2.23. The van der Waals surface area contributed by atoms with Crippen molar-refractivity contribution in [2.75, 3.05) is 0 Å². The topological polar surface area (TPSA) is 75.6 Å². The van der Waals surface area contributed by atoms with E-state index in [0.717, 1.165) is 28.7 Å².